The van der Waals surface area contributed by atoms with Crippen LogP contribution in [0.15, 0.2) is 35.9 Å². The van der Waals surface area contributed by atoms with Crippen molar-refractivity contribution in [3.63, 3.8) is 0 Å². The van der Waals surface area contributed by atoms with Gasteiger partial charge in [0.05, 0.1) is 11.5 Å². The van der Waals surface area contributed by atoms with E-state index in [-0.39, 0.29) is 17.2 Å². The lowest BCUT2D eigenvalue weighted by Gasteiger charge is -1.97. The molecule has 0 heterocycles. The second-order valence-corrected chi connectivity index (χ2v) is 2.68. The summed E-state index contributed by atoms with van der Waals surface area (Å²) in [5.41, 5.74) is 0.425. The predicted molar refractivity (Wildman–Crippen MR) is 50.7 cm³/mol. The number of rotatable bonds is 3. The van der Waals surface area contributed by atoms with Gasteiger partial charge in [-0.25, -0.2) is 4.79 Å². The van der Waals surface area contributed by atoms with Crippen molar-refractivity contribution >= 4 is 23.3 Å². The number of hydrogen-bond donors (Lipinski definition) is 0. The number of carbonyl (C=O) groups is 1. The Kier molecular flexibility index (Phi) is 3.44. The number of hydrogen-bond acceptors (Lipinski definition) is 2. The molecule has 0 spiro atoms. The summed E-state index contributed by atoms with van der Waals surface area (Å²) in [5, 5.41) is 0. The molecular formula is C10H7ClO2. The van der Waals surface area contributed by atoms with Crippen LogP contribution in [0.25, 0.3) is 0 Å². The molecule has 0 aliphatic carbocycles. The van der Waals surface area contributed by atoms with Gasteiger partial charge in [-0.05, 0) is 0 Å². The number of carbonyl (C=O) groups excluding carboxylic acids is 2. The summed E-state index contributed by atoms with van der Waals surface area (Å²) in [5.74, 6) is 1.08. The third-order valence-corrected chi connectivity index (χ3v) is 1.83. The standard InChI is InChI=1S/C10H7ClO2/c11-6-9(7-12)10(13)8-4-2-1-3-5-8/h1-5H,6H2. The molecule has 2 nitrogen and oxygen atoms in total. The SMILES string of the molecule is O=C=C(CCl)C(=O)c1ccccc1. The number of ketones is 1. The highest BCUT2D eigenvalue weighted by molar-refractivity contribution is 6.27. The van der Waals surface area contributed by atoms with Gasteiger partial charge in [0.25, 0.3) is 0 Å². The van der Waals surface area contributed by atoms with Gasteiger partial charge in [0, 0.05) is 5.56 Å². The normalized spacial score (nSPS) is 9.00. The van der Waals surface area contributed by atoms with Crippen LogP contribution in [0, 0.1) is 0 Å². The molecule has 0 atom stereocenters. The highest BCUT2D eigenvalue weighted by Crippen LogP contribution is 2.06. The Labute approximate surface area is 80.8 Å². The maximum Gasteiger partial charge on any atom is 0.201 e. The van der Waals surface area contributed by atoms with Crippen molar-refractivity contribution in [3.8, 4) is 0 Å². The van der Waals surface area contributed by atoms with Crippen LogP contribution in [0.2, 0.25) is 0 Å². The van der Waals surface area contributed by atoms with Gasteiger partial charge in [-0.2, -0.15) is 0 Å². The van der Waals surface area contributed by atoms with E-state index in [0.717, 1.165) is 0 Å². The van der Waals surface area contributed by atoms with Crippen LogP contribution in [0.5, 0.6) is 0 Å². The summed E-state index contributed by atoms with van der Waals surface area (Å²) in [7, 11) is 0. The molecule has 0 fully saturated rings. The lowest BCUT2D eigenvalue weighted by atomic mass is 10.1. The molecule has 0 N–H and O–H groups in total. The molecule has 0 saturated heterocycles. The third-order valence-electron chi connectivity index (χ3n) is 1.57. The van der Waals surface area contributed by atoms with Crippen molar-refractivity contribution in [1.82, 2.24) is 0 Å². The highest BCUT2D eigenvalue weighted by Gasteiger charge is 2.11. The van der Waals surface area contributed by atoms with E-state index in [0.29, 0.717) is 5.56 Å². The zero-order valence-corrected chi connectivity index (χ0v) is 7.54. The highest BCUT2D eigenvalue weighted by atomic mass is 35.5. The van der Waals surface area contributed by atoms with Gasteiger partial charge < -0.3 is 0 Å². The van der Waals surface area contributed by atoms with Crippen molar-refractivity contribution < 1.29 is 9.59 Å². The first-order valence-corrected chi connectivity index (χ1v) is 4.22. The van der Waals surface area contributed by atoms with Crippen molar-refractivity contribution in [2.75, 3.05) is 5.88 Å². The zero-order valence-electron chi connectivity index (χ0n) is 6.79. The Balaban J connectivity index is 2.99. The van der Waals surface area contributed by atoms with Crippen LogP contribution in [0.1, 0.15) is 10.4 Å². The predicted octanol–water partition coefficient (Wildman–Crippen LogP) is 1.87. The topological polar surface area (TPSA) is 34.1 Å². The first-order valence-electron chi connectivity index (χ1n) is 3.69. The van der Waals surface area contributed by atoms with Crippen molar-refractivity contribution in [1.29, 1.82) is 0 Å². The second-order valence-electron chi connectivity index (χ2n) is 2.41. The smallest absolute Gasteiger partial charge is 0.201 e. The Morgan fingerprint density at radius 1 is 1.31 bits per heavy atom. The van der Waals surface area contributed by atoms with Crippen LogP contribution in [-0.2, 0) is 4.79 Å². The van der Waals surface area contributed by atoms with Gasteiger partial charge in [0.2, 0.25) is 5.78 Å². The first-order chi connectivity index (χ1) is 6.29. The molecule has 0 aliphatic heterocycles. The van der Waals surface area contributed by atoms with Crippen LogP contribution in [0.3, 0.4) is 0 Å². The van der Waals surface area contributed by atoms with Gasteiger partial charge in [-0.1, -0.05) is 30.3 Å². The molecule has 3 heteroatoms. The van der Waals surface area contributed by atoms with E-state index in [2.05, 4.69) is 0 Å². The molecule has 0 amide bonds. The van der Waals surface area contributed by atoms with Crippen LogP contribution < -0.4 is 0 Å². The Bertz CT molecular complexity index is 350. The van der Waals surface area contributed by atoms with E-state index >= 15 is 0 Å². The maximum absolute atomic E-state index is 11.4. The number of allylic oxidation sites excluding steroid dienone is 1. The minimum Gasteiger partial charge on any atom is -0.288 e. The summed E-state index contributed by atoms with van der Waals surface area (Å²) in [4.78, 5) is 21.7. The molecule has 0 aliphatic rings. The van der Waals surface area contributed by atoms with Gasteiger partial charge in [0.1, 0.15) is 5.94 Å². The molecule has 1 rings (SSSR count). The lowest BCUT2D eigenvalue weighted by molar-refractivity contribution is 0.103. The minimum atomic E-state index is -0.356. The number of benzene rings is 1. The summed E-state index contributed by atoms with van der Waals surface area (Å²) < 4.78 is 0. The fourth-order valence-corrected chi connectivity index (χ4v) is 1.07. The largest absolute Gasteiger partial charge is 0.288 e. The number of Topliss-reactive ketones (excluding diaryl/α,β-unsaturated/α-hetero) is 1. The fraction of sp³-hybridized carbons (Fsp3) is 0.100. The van der Waals surface area contributed by atoms with Gasteiger partial charge >= 0.3 is 0 Å². The van der Waals surface area contributed by atoms with Crippen molar-refractivity contribution in [3.05, 3.63) is 41.5 Å². The molecule has 0 aromatic heterocycles. The second kappa shape index (κ2) is 4.61. The molecule has 1 aromatic rings. The van der Waals surface area contributed by atoms with E-state index in [1.54, 1.807) is 30.3 Å². The zero-order chi connectivity index (χ0) is 9.68. The lowest BCUT2D eigenvalue weighted by Crippen LogP contribution is -2.04. The molecule has 66 valence electrons. The molecule has 0 bridgehead atoms. The van der Waals surface area contributed by atoms with Crippen LogP contribution in [0.4, 0.5) is 0 Å². The average Bonchev–Trinajstić information content (AvgIpc) is 2.21. The minimum absolute atomic E-state index is 0.0344. The molecule has 0 unspecified atom stereocenters. The van der Waals surface area contributed by atoms with E-state index in [9.17, 15) is 9.59 Å². The monoisotopic (exact) mass is 194 g/mol. The van der Waals surface area contributed by atoms with Gasteiger partial charge in [-0.15, -0.1) is 11.6 Å². The van der Waals surface area contributed by atoms with Crippen LogP contribution >= 0.6 is 11.6 Å². The fourth-order valence-electron chi connectivity index (χ4n) is 0.898. The Morgan fingerprint density at radius 2 is 1.92 bits per heavy atom. The third kappa shape index (κ3) is 2.28. The summed E-state index contributed by atoms with van der Waals surface area (Å²) >= 11 is 5.39. The quantitative estimate of drug-likeness (QED) is 0.319. The van der Waals surface area contributed by atoms with E-state index < -0.39 is 0 Å². The molecule has 1 aromatic carbocycles. The van der Waals surface area contributed by atoms with E-state index in [4.69, 9.17) is 11.6 Å². The maximum atomic E-state index is 11.4. The average molecular weight is 195 g/mol. The van der Waals surface area contributed by atoms with E-state index in [1.807, 2.05) is 0 Å². The summed E-state index contributed by atoms with van der Waals surface area (Å²) in [6.45, 7) is 0. The molecule has 13 heavy (non-hydrogen) atoms. The number of halogens is 1. The molecular weight excluding hydrogens is 188 g/mol. The summed E-state index contributed by atoms with van der Waals surface area (Å²) in [6.07, 6.45) is 0. The van der Waals surface area contributed by atoms with Crippen molar-refractivity contribution in [2.45, 2.75) is 0 Å². The Morgan fingerprint density at radius 3 is 2.38 bits per heavy atom. The van der Waals surface area contributed by atoms with Crippen LogP contribution in [-0.4, -0.2) is 17.6 Å². The number of alkyl halides is 1. The van der Waals surface area contributed by atoms with Gasteiger partial charge in [-0.3, -0.25) is 4.79 Å². The van der Waals surface area contributed by atoms with E-state index in [1.165, 1.54) is 5.94 Å². The van der Waals surface area contributed by atoms with Crippen molar-refractivity contribution in [2.24, 2.45) is 0 Å². The molecule has 0 saturated carbocycles. The Hall–Kier alpha value is -1.37. The molecule has 0 radical (unpaired) electrons. The first kappa shape index (κ1) is 9.72. The summed E-state index contributed by atoms with van der Waals surface area (Å²) in [6, 6.07) is 8.51. The van der Waals surface area contributed by atoms with Gasteiger partial charge in [0.15, 0.2) is 0 Å².